The third-order valence-corrected chi connectivity index (χ3v) is 4.87. The topological polar surface area (TPSA) is 77.1 Å². The second kappa shape index (κ2) is 7.69. The van der Waals surface area contributed by atoms with Gasteiger partial charge in [0.05, 0.1) is 18.4 Å². The van der Waals surface area contributed by atoms with Crippen LogP contribution in [0.1, 0.15) is 33.0 Å². The normalized spacial score (nSPS) is 11.8. The van der Waals surface area contributed by atoms with Gasteiger partial charge >= 0.3 is 6.18 Å². The van der Waals surface area contributed by atoms with E-state index in [1.54, 1.807) is 10.9 Å². The summed E-state index contributed by atoms with van der Waals surface area (Å²) in [6.45, 7) is 3.88. The van der Waals surface area contributed by atoms with Crippen LogP contribution in [0.5, 0.6) is 0 Å². The lowest BCUT2D eigenvalue weighted by Crippen LogP contribution is -2.15. The summed E-state index contributed by atoms with van der Waals surface area (Å²) in [7, 11) is 0. The van der Waals surface area contributed by atoms with E-state index in [0.717, 1.165) is 17.2 Å². The summed E-state index contributed by atoms with van der Waals surface area (Å²) in [6, 6.07) is 8.75. The van der Waals surface area contributed by atoms with Crippen LogP contribution in [0.2, 0.25) is 5.02 Å². The van der Waals surface area contributed by atoms with E-state index in [2.05, 4.69) is 20.5 Å². The molecule has 31 heavy (non-hydrogen) atoms. The molecule has 4 rings (SSSR count). The Morgan fingerprint density at radius 2 is 1.90 bits per heavy atom. The molecule has 160 valence electrons. The average molecular weight is 449 g/mol. The highest BCUT2D eigenvalue weighted by Crippen LogP contribution is 2.32. The summed E-state index contributed by atoms with van der Waals surface area (Å²) in [6.07, 6.45) is -1.66. The lowest BCUT2D eigenvalue weighted by Gasteiger charge is -2.09. The highest BCUT2D eigenvalue weighted by Gasteiger charge is 2.36. The Morgan fingerprint density at radius 1 is 1.19 bits per heavy atom. The molecule has 1 N–H and O–H groups in total. The molecule has 4 aromatic rings. The number of aromatic nitrogens is 5. The van der Waals surface area contributed by atoms with Crippen molar-refractivity contribution >= 4 is 28.8 Å². The first kappa shape index (κ1) is 20.9. The van der Waals surface area contributed by atoms with Crippen LogP contribution in [0.4, 0.5) is 18.9 Å². The largest absolute Gasteiger partial charge is 0.433 e. The third kappa shape index (κ3) is 4.24. The Bertz CT molecular complexity index is 1280. The van der Waals surface area contributed by atoms with Crippen molar-refractivity contribution in [2.75, 3.05) is 5.32 Å². The molecule has 0 fully saturated rings. The molecule has 0 radical (unpaired) electrons. The van der Waals surface area contributed by atoms with Gasteiger partial charge in [-0.05, 0) is 25.5 Å². The number of alkyl halides is 3. The van der Waals surface area contributed by atoms with Gasteiger partial charge in [0.15, 0.2) is 11.3 Å². The summed E-state index contributed by atoms with van der Waals surface area (Å²) in [5.41, 5.74) is 0.944. The summed E-state index contributed by atoms with van der Waals surface area (Å²) in [4.78, 5) is 16.6. The highest BCUT2D eigenvalue weighted by molar-refractivity contribution is 6.37. The van der Waals surface area contributed by atoms with Crippen molar-refractivity contribution in [3.8, 4) is 0 Å². The third-order valence-electron chi connectivity index (χ3n) is 4.52. The van der Waals surface area contributed by atoms with Crippen LogP contribution >= 0.6 is 11.6 Å². The number of rotatable bonds is 4. The maximum atomic E-state index is 13.3. The van der Waals surface area contributed by atoms with E-state index >= 15 is 0 Å². The SMILES string of the molecule is Cc1ccc(Cn2cc(NC(=O)c3nn4c(C(F)(F)F)cc(C)nc4c3Cl)cn2)cc1. The summed E-state index contributed by atoms with van der Waals surface area (Å²) >= 11 is 6.14. The Kier molecular flexibility index (Phi) is 5.18. The number of fused-ring (bicyclic) bond motifs is 1. The lowest BCUT2D eigenvalue weighted by atomic mass is 10.1. The van der Waals surface area contributed by atoms with Crippen LogP contribution in [0.15, 0.2) is 42.7 Å². The smallest absolute Gasteiger partial charge is 0.318 e. The maximum Gasteiger partial charge on any atom is 0.433 e. The van der Waals surface area contributed by atoms with Crippen LogP contribution < -0.4 is 5.32 Å². The van der Waals surface area contributed by atoms with Gasteiger partial charge in [0.25, 0.3) is 5.91 Å². The van der Waals surface area contributed by atoms with Crippen LogP contribution in [0.25, 0.3) is 5.65 Å². The monoisotopic (exact) mass is 448 g/mol. The molecular weight excluding hydrogens is 433 g/mol. The van der Waals surface area contributed by atoms with Gasteiger partial charge < -0.3 is 5.32 Å². The maximum absolute atomic E-state index is 13.3. The standard InChI is InChI=1S/C20H16ClF3N6O/c1-11-3-5-13(6-4-11)9-29-10-14(8-25-29)27-19(31)17-16(21)18-26-12(2)7-15(20(22,23)24)30(18)28-17/h3-8,10H,9H2,1-2H3,(H,27,31). The van der Waals surface area contributed by atoms with Crippen molar-refractivity contribution in [1.82, 2.24) is 24.4 Å². The van der Waals surface area contributed by atoms with Crippen molar-refractivity contribution in [2.24, 2.45) is 0 Å². The van der Waals surface area contributed by atoms with Crippen molar-refractivity contribution in [3.63, 3.8) is 0 Å². The minimum atomic E-state index is -4.69. The predicted octanol–water partition coefficient (Wildman–Crippen LogP) is 4.52. The van der Waals surface area contributed by atoms with E-state index in [1.807, 2.05) is 31.2 Å². The van der Waals surface area contributed by atoms with Gasteiger partial charge in [-0.3, -0.25) is 9.48 Å². The number of nitrogens with zero attached hydrogens (tertiary/aromatic N) is 5. The Hall–Kier alpha value is -3.40. The van der Waals surface area contributed by atoms with E-state index in [1.165, 1.54) is 13.1 Å². The molecule has 3 heterocycles. The fourth-order valence-corrected chi connectivity index (χ4v) is 3.29. The zero-order valence-corrected chi connectivity index (χ0v) is 17.2. The van der Waals surface area contributed by atoms with E-state index in [0.29, 0.717) is 16.7 Å². The van der Waals surface area contributed by atoms with Crippen molar-refractivity contribution in [3.05, 3.63) is 76.0 Å². The Labute approximate surface area is 179 Å². The molecule has 0 aliphatic heterocycles. The molecule has 7 nitrogen and oxygen atoms in total. The number of aryl methyl sites for hydroxylation is 2. The predicted molar refractivity (Wildman–Crippen MR) is 108 cm³/mol. The van der Waals surface area contributed by atoms with Gasteiger partial charge in [-0.25, -0.2) is 9.50 Å². The van der Waals surface area contributed by atoms with Gasteiger partial charge in [0.2, 0.25) is 0 Å². The van der Waals surface area contributed by atoms with Crippen molar-refractivity contribution in [1.29, 1.82) is 0 Å². The fourth-order valence-electron chi connectivity index (χ4n) is 3.05. The second-order valence-corrected chi connectivity index (χ2v) is 7.42. The molecule has 0 bridgehead atoms. The number of amides is 1. The van der Waals surface area contributed by atoms with Crippen LogP contribution in [-0.2, 0) is 12.7 Å². The van der Waals surface area contributed by atoms with Gasteiger partial charge in [-0.15, -0.1) is 0 Å². The molecule has 11 heteroatoms. The quantitative estimate of drug-likeness (QED) is 0.498. The second-order valence-electron chi connectivity index (χ2n) is 7.04. The number of carbonyl (C=O) groups excluding carboxylic acids is 1. The molecule has 0 aliphatic carbocycles. The van der Waals surface area contributed by atoms with Crippen molar-refractivity contribution < 1.29 is 18.0 Å². The molecule has 1 aromatic carbocycles. The van der Waals surface area contributed by atoms with E-state index in [9.17, 15) is 18.0 Å². The van der Waals surface area contributed by atoms with Gasteiger partial charge in [-0.1, -0.05) is 41.4 Å². The minimum absolute atomic E-state index is 0.103. The van der Waals surface area contributed by atoms with E-state index in [-0.39, 0.29) is 22.1 Å². The van der Waals surface area contributed by atoms with Gasteiger partial charge in [0, 0.05) is 11.9 Å². The number of nitrogens with one attached hydrogen (secondary N) is 1. The number of halogens is 4. The van der Waals surface area contributed by atoms with Crippen LogP contribution in [0.3, 0.4) is 0 Å². The molecule has 0 aliphatic rings. The highest BCUT2D eigenvalue weighted by atomic mass is 35.5. The molecule has 0 unspecified atom stereocenters. The summed E-state index contributed by atoms with van der Waals surface area (Å²) in [5, 5.41) is 10.2. The fraction of sp³-hybridized carbons (Fsp3) is 0.200. The minimum Gasteiger partial charge on any atom is -0.318 e. The average Bonchev–Trinajstić information content (AvgIpc) is 3.27. The van der Waals surface area contributed by atoms with Crippen LogP contribution in [-0.4, -0.2) is 30.3 Å². The molecular formula is C20H16ClF3N6O. The lowest BCUT2D eigenvalue weighted by molar-refractivity contribution is -0.142. The first-order valence-corrected chi connectivity index (χ1v) is 9.52. The van der Waals surface area contributed by atoms with Crippen LogP contribution in [0, 0.1) is 13.8 Å². The molecule has 3 aromatic heterocycles. The van der Waals surface area contributed by atoms with E-state index in [4.69, 9.17) is 11.6 Å². The van der Waals surface area contributed by atoms with Crippen molar-refractivity contribution in [2.45, 2.75) is 26.6 Å². The zero-order valence-electron chi connectivity index (χ0n) is 16.4. The first-order valence-electron chi connectivity index (χ1n) is 9.14. The first-order chi connectivity index (χ1) is 14.6. The van der Waals surface area contributed by atoms with E-state index < -0.39 is 17.8 Å². The number of hydrogen-bond donors (Lipinski definition) is 1. The number of anilines is 1. The number of hydrogen-bond acceptors (Lipinski definition) is 4. The Balaban J connectivity index is 1.58. The number of benzene rings is 1. The number of carbonyl (C=O) groups is 1. The molecule has 0 saturated heterocycles. The molecule has 0 saturated carbocycles. The summed E-state index contributed by atoms with van der Waals surface area (Å²) in [5.74, 6) is -0.767. The van der Waals surface area contributed by atoms with Gasteiger partial charge in [0.1, 0.15) is 10.7 Å². The zero-order chi connectivity index (χ0) is 22.3. The molecule has 1 amide bonds. The molecule has 0 spiro atoms. The Morgan fingerprint density at radius 3 is 2.58 bits per heavy atom. The molecule has 0 atom stereocenters. The van der Waals surface area contributed by atoms with Gasteiger partial charge in [-0.2, -0.15) is 23.4 Å². The summed E-state index contributed by atoms with van der Waals surface area (Å²) < 4.78 is 42.2.